The van der Waals surface area contributed by atoms with E-state index in [-0.39, 0.29) is 0 Å². The maximum Gasteiger partial charge on any atom is 0.0780 e. The lowest BCUT2D eigenvalue weighted by Crippen LogP contribution is -2.28. The molecule has 0 spiro atoms. The van der Waals surface area contributed by atoms with Crippen LogP contribution < -0.4 is 10.4 Å². The number of pyridine rings is 1. The van der Waals surface area contributed by atoms with Crippen LogP contribution in [0.5, 0.6) is 0 Å². The van der Waals surface area contributed by atoms with Crippen LogP contribution in [0.25, 0.3) is 35.2 Å². The molecule has 26 heavy (non-hydrogen) atoms. The fraction of sp³-hybridized carbons (Fsp3) is 0.0800. The van der Waals surface area contributed by atoms with Crippen LogP contribution in [0.15, 0.2) is 73.5 Å². The van der Waals surface area contributed by atoms with Crippen molar-refractivity contribution in [2.24, 2.45) is 0 Å². The predicted octanol–water partition coefficient (Wildman–Crippen LogP) is 5.04. The van der Waals surface area contributed by atoms with Gasteiger partial charge in [0.05, 0.1) is 5.52 Å². The van der Waals surface area contributed by atoms with Crippen LogP contribution in [-0.2, 0) is 0 Å². The molecule has 0 aliphatic heterocycles. The van der Waals surface area contributed by atoms with Gasteiger partial charge in [0.2, 0.25) is 0 Å². The number of nitrogens with zero attached hydrogens (tertiary/aromatic N) is 1. The number of benzene rings is 2. The summed E-state index contributed by atoms with van der Waals surface area (Å²) in [5, 5.41) is 3.21. The maximum absolute atomic E-state index is 4.57. The van der Waals surface area contributed by atoms with Gasteiger partial charge in [-0.05, 0) is 47.4 Å². The van der Waals surface area contributed by atoms with Gasteiger partial charge in [0, 0.05) is 16.8 Å². The quantitative estimate of drug-likeness (QED) is 0.608. The molecule has 0 unspecified atom stereocenters. The van der Waals surface area contributed by atoms with Crippen LogP contribution in [0.1, 0.15) is 23.6 Å². The minimum atomic E-state index is 0.943. The lowest BCUT2D eigenvalue weighted by molar-refractivity contribution is 1.33. The number of fused-ring (bicyclic) bond motifs is 1. The molecular formula is C25H23N. The van der Waals surface area contributed by atoms with Gasteiger partial charge in [0.15, 0.2) is 0 Å². The summed E-state index contributed by atoms with van der Waals surface area (Å²) >= 11 is 0. The van der Waals surface area contributed by atoms with E-state index >= 15 is 0 Å². The molecule has 0 bridgehead atoms. The molecule has 128 valence electrons. The second kappa shape index (κ2) is 7.79. The molecule has 1 aromatic heterocycles. The van der Waals surface area contributed by atoms with Gasteiger partial charge < -0.3 is 0 Å². The number of hydrogen-bond donors (Lipinski definition) is 0. The van der Waals surface area contributed by atoms with E-state index in [4.69, 9.17) is 0 Å². The first kappa shape index (κ1) is 17.6. The molecule has 0 fully saturated rings. The van der Waals surface area contributed by atoms with Crippen LogP contribution in [0.2, 0.25) is 0 Å². The molecule has 3 aromatic rings. The van der Waals surface area contributed by atoms with Crippen molar-refractivity contribution in [2.75, 3.05) is 0 Å². The highest BCUT2D eigenvalue weighted by Gasteiger charge is 2.07. The monoisotopic (exact) mass is 337 g/mol. The van der Waals surface area contributed by atoms with Crippen molar-refractivity contribution in [1.82, 2.24) is 4.98 Å². The van der Waals surface area contributed by atoms with Gasteiger partial charge in [-0.2, -0.15) is 0 Å². The van der Waals surface area contributed by atoms with Gasteiger partial charge in [-0.3, -0.25) is 4.98 Å². The molecule has 0 aliphatic rings. The average molecular weight is 337 g/mol. The Labute approximate surface area is 155 Å². The number of hydrogen-bond acceptors (Lipinski definition) is 1. The molecule has 1 nitrogen and oxygen atoms in total. The summed E-state index contributed by atoms with van der Waals surface area (Å²) in [6, 6.07) is 14.3. The Balaban J connectivity index is 2.21. The van der Waals surface area contributed by atoms with E-state index in [1.807, 2.05) is 49.5 Å². The third kappa shape index (κ3) is 3.43. The van der Waals surface area contributed by atoms with Crippen molar-refractivity contribution in [3.05, 3.63) is 101 Å². The molecule has 2 aromatic carbocycles. The van der Waals surface area contributed by atoms with Crippen LogP contribution in [-0.4, -0.2) is 4.98 Å². The SMILES string of the molecule is C=C(/C=C\c1c(C)/c(=C/C=C\C)c(=C)c2ncccc12)c1ccccc1. The molecule has 1 heterocycles. The summed E-state index contributed by atoms with van der Waals surface area (Å²) in [5.41, 5.74) is 5.41. The fourth-order valence-electron chi connectivity index (χ4n) is 3.13. The van der Waals surface area contributed by atoms with Crippen LogP contribution in [0.3, 0.4) is 0 Å². The Morgan fingerprint density at radius 2 is 1.85 bits per heavy atom. The molecule has 3 rings (SSSR count). The zero-order valence-corrected chi connectivity index (χ0v) is 15.4. The maximum atomic E-state index is 4.57. The first-order valence-electron chi connectivity index (χ1n) is 8.75. The van der Waals surface area contributed by atoms with Gasteiger partial charge in [0.1, 0.15) is 0 Å². The zero-order chi connectivity index (χ0) is 18.5. The summed E-state index contributed by atoms with van der Waals surface area (Å²) < 4.78 is 0. The van der Waals surface area contributed by atoms with Gasteiger partial charge in [-0.15, -0.1) is 0 Å². The van der Waals surface area contributed by atoms with Crippen molar-refractivity contribution in [1.29, 1.82) is 0 Å². The first-order chi connectivity index (χ1) is 12.6. The summed E-state index contributed by atoms with van der Waals surface area (Å²) in [5.74, 6) is 0. The predicted molar refractivity (Wildman–Crippen MR) is 115 cm³/mol. The van der Waals surface area contributed by atoms with E-state index in [1.165, 1.54) is 5.56 Å². The Hall–Kier alpha value is -3.19. The van der Waals surface area contributed by atoms with Crippen molar-refractivity contribution < 1.29 is 0 Å². The second-order valence-electron chi connectivity index (χ2n) is 6.25. The Morgan fingerprint density at radius 1 is 1.08 bits per heavy atom. The van der Waals surface area contributed by atoms with Crippen molar-refractivity contribution in [2.45, 2.75) is 13.8 Å². The molecule has 0 saturated heterocycles. The van der Waals surface area contributed by atoms with Gasteiger partial charge in [-0.1, -0.05) is 79.9 Å². The lowest BCUT2D eigenvalue weighted by atomic mass is 9.96. The van der Waals surface area contributed by atoms with Crippen LogP contribution in [0.4, 0.5) is 0 Å². The molecule has 1 heteroatoms. The highest BCUT2D eigenvalue weighted by atomic mass is 14.6. The smallest absolute Gasteiger partial charge is 0.0780 e. The van der Waals surface area contributed by atoms with E-state index in [0.717, 1.165) is 38.0 Å². The van der Waals surface area contributed by atoms with E-state index in [2.05, 4.69) is 61.5 Å². The van der Waals surface area contributed by atoms with Crippen molar-refractivity contribution in [3.8, 4) is 0 Å². The lowest BCUT2D eigenvalue weighted by Gasteiger charge is -2.09. The number of allylic oxidation sites excluding steroid dienone is 4. The summed E-state index contributed by atoms with van der Waals surface area (Å²) in [6.45, 7) is 12.6. The molecule has 0 radical (unpaired) electrons. The minimum Gasteiger partial charge on any atom is -0.256 e. The van der Waals surface area contributed by atoms with Crippen LogP contribution in [0, 0.1) is 6.92 Å². The van der Waals surface area contributed by atoms with Crippen LogP contribution >= 0.6 is 0 Å². The van der Waals surface area contributed by atoms with E-state index < -0.39 is 0 Å². The van der Waals surface area contributed by atoms with Gasteiger partial charge >= 0.3 is 0 Å². The largest absolute Gasteiger partial charge is 0.256 e. The van der Waals surface area contributed by atoms with E-state index in [1.54, 1.807) is 0 Å². The number of rotatable bonds is 4. The minimum absolute atomic E-state index is 0.943. The zero-order valence-electron chi connectivity index (χ0n) is 15.4. The summed E-state index contributed by atoms with van der Waals surface area (Å²) in [7, 11) is 0. The molecule has 0 amide bonds. The average Bonchev–Trinajstić information content (AvgIpc) is 2.68. The molecule has 0 atom stereocenters. The topological polar surface area (TPSA) is 12.9 Å². The second-order valence-corrected chi connectivity index (χ2v) is 6.25. The summed E-state index contributed by atoms with van der Waals surface area (Å²) in [4.78, 5) is 4.57. The highest BCUT2D eigenvalue weighted by Crippen LogP contribution is 2.20. The normalized spacial score (nSPS) is 12.5. The molecule has 0 aliphatic carbocycles. The Bertz CT molecular complexity index is 1120. The fourth-order valence-corrected chi connectivity index (χ4v) is 3.13. The van der Waals surface area contributed by atoms with Gasteiger partial charge in [-0.25, -0.2) is 0 Å². The summed E-state index contributed by atoms with van der Waals surface area (Å²) in [6.07, 6.45) is 12.2. The molecule has 0 N–H and O–H groups in total. The third-order valence-corrected chi connectivity index (χ3v) is 4.57. The highest BCUT2D eigenvalue weighted by molar-refractivity contribution is 5.92. The first-order valence-corrected chi connectivity index (χ1v) is 8.75. The standard InChI is InChI=1S/C25H23N/c1-5-6-13-22-19(3)23(24-14-10-17-26-25(24)20(22)4)16-15-18(2)21-11-8-7-9-12-21/h5-17H,2,4H2,1,3H3/b6-5-,16-15-,22-13-. The van der Waals surface area contributed by atoms with Crippen molar-refractivity contribution in [3.63, 3.8) is 0 Å². The number of aromatic nitrogens is 1. The molecule has 0 saturated carbocycles. The van der Waals surface area contributed by atoms with Gasteiger partial charge in [0.25, 0.3) is 0 Å². The van der Waals surface area contributed by atoms with E-state index in [0.29, 0.717) is 0 Å². The molecular weight excluding hydrogens is 314 g/mol. The third-order valence-electron chi connectivity index (χ3n) is 4.57. The Morgan fingerprint density at radius 3 is 2.58 bits per heavy atom. The van der Waals surface area contributed by atoms with E-state index in [9.17, 15) is 0 Å². The Kier molecular flexibility index (Phi) is 5.28. The van der Waals surface area contributed by atoms with Crippen molar-refractivity contribution >= 4 is 35.2 Å².